The van der Waals surface area contributed by atoms with Gasteiger partial charge in [0.1, 0.15) is 5.75 Å². The third-order valence-electron chi connectivity index (χ3n) is 2.57. The molecule has 6 heteroatoms. The Morgan fingerprint density at radius 3 is 2.83 bits per heavy atom. The van der Waals surface area contributed by atoms with Crippen molar-refractivity contribution in [2.45, 2.75) is 0 Å². The first kappa shape index (κ1) is 12.6. The molecule has 2 aromatic rings. The van der Waals surface area contributed by atoms with E-state index in [-0.39, 0.29) is 0 Å². The van der Waals surface area contributed by atoms with Crippen LogP contribution in [0.3, 0.4) is 0 Å². The summed E-state index contributed by atoms with van der Waals surface area (Å²) in [5.74, 6) is 0.718. The molecule has 0 aliphatic heterocycles. The predicted octanol–water partition coefficient (Wildman–Crippen LogP) is 2.43. The number of amides is 1. The monoisotopic (exact) mass is 309 g/mol. The lowest BCUT2D eigenvalue weighted by molar-refractivity contribution is -0.105. The van der Waals surface area contributed by atoms with Gasteiger partial charge >= 0.3 is 0 Å². The maximum Gasteiger partial charge on any atom is 0.211 e. The first-order chi connectivity index (χ1) is 8.67. The number of rotatable bonds is 4. The maximum atomic E-state index is 10.5. The molecule has 1 aromatic carbocycles. The second-order valence-corrected chi connectivity index (χ2v) is 4.50. The van der Waals surface area contributed by atoms with Gasteiger partial charge in [0, 0.05) is 18.3 Å². The first-order valence-electron chi connectivity index (χ1n) is 5.23. The number of aromatic nitrogens is 2. The molecule has 0 aliphatic carbocycles. The molecule has 1 aromatic heterocycles. The molecule has 0 atom stereocenters. The fourth-order valence-electron chi connectivity index (χ4n) is 1.76. The molecule has 2 rings (SSSR count). The van der Waals surface area contributed by atoms with E-state index in [0.29, 0.717) is 12.1 Å². The van der Waals surface area contributed by atoms with Crippen LogP contribution in [0.2, 0.25) is 0 Å². The van der Waals surface area contributed by atoms with Gasteiger partial charge in [-0.2, -0.15) is 5.10 Å². The smallest absolute Gasteiger partial charge is 0.211 e. The van der Waals surface area contributed by atoms with Gasteiger partial charge in [0.05, 0.1) is 23.5 Å². The standard InChI is InChI=1S/C12H12BrN3O2/c1-16-12(10(13)6-15-16)9-5-8(14-7-17)3-4-11(9)18-2/h3-7H,1-2H3,(H,14,17). The number of hydrogen-bond acceptors (Lipinski definition) is 3. The molecule has 5 nitrogen and oxygen atoms in total. The van der Waals surface area contributed by atoms with E-state index in [9.17, 15) is 4.79 Å². The van der Waals surface area contributed by atoms with Gasteiger partial charge in [-0.25, -0.2) is 0 Å². The molecule has 0 bridgehead atoms. The fourth-order valence-corrected chi connectivity index (χ4v) is 2.33. The largest absolute Gasteiger partial charge is 0.496 e. The van der Waals surface area contributed by atoms with Crippen LogP contribution in [0.5, 0.6) is 5.75 Å². The van der Waals surface area contributed by atoms with Crippen LogP contribution in [-0.4, -0.2) is 23.3 Å². The molecule has 0 unspecified atom stereocenters. The van der Waals surface area contributed by atoms with E-state index in [4.69, 9.17) is 4.74 Å². The predicted molar refractivity (Wildman–Crippen MR) is 72.6 cm³/mol. The van der Waals surface area contributed by atoms with Crippen LogP contribution >= 0.6 is 15.9 Å². The minimum atomic E-state index is 0.643. The van der Waals surface area contributed by atoms with Crippen molar-refractivity contribution in [1.82, 2.24) is 9.78 Å². The number of aryl methyl sites for hydroxylation is 1. The third kappa shape index (κ3) is 2.24. The average Bonchev–Trinajstić information content (AvgIpc) is 2.69. The Labute approximate surface area is 113 Å². The van der Waals surface area contributed by atoms with Crippen molar-refractivity contribution in [1.29, 1.82) is 0 Å². The highest BCUT2D eigenvalue weighted by molar-refractivity contribution is 9.10. The Bertz CT molecular complexity index is 561. The molecule has 0 saturated carbocycles. The number of anilines is 1. The summed E-state index contributed by atoms with van der Waals surface area (Å²) in [7, 11) is 3.45. The lowest BCUT2D eigenvalue weighted by atomic mass is 10.1. The molecule has 0 radical (unpaired) electrons. The molecule has 0 spiro atoms. The normalized spacial score (nSPS) is 10.2. The molecule has 18 heavy (non-hydrogen) atoms. The van der Waals surface area contributed by atoms with Crippen molar-refractivity contribution in [3.63, 3.8) is 0 Å². The number of nitrogens with one attached hydrogen (secondary N) is 1. The summed E-state index contributed by atoms with van der Waals surface area (Å²) in [5, 5.41) is 6.79. The van der Waals surface area contributed by atoms with Gasteiger partial charge in [-0.15, -0.1) is 0 Å². The van der Waals surface area contributed by atoms with Crippen molar-refractivity contribution in [2.24, 2.45) is 7.05 Å². The van der Waals surface area contributed by atoms with Gasteiger partial charge in [0.2, 0.25) is 6.41 Å². The second-order valence-electron chi connectivity index (χ2n) is 3.64. The lowest BCUT2D eigenvalue weighted by Crippen LogP contribution is -1.99. The molecule has 1 amide bonds. The fraction of sp³-hybridized carbons (Fsp3) is 0.167. The topological polar surface area (TPSA) is 56.1 Å². The van der Waals surface area contributed by atoms with E-state index in [1.807, 2.05) is 13.1 Å². The van der Waals surface area contributed by atoms with Crippen molar-refractivity contribution >= 4 is 28.0 Å². The minimum absolute atomic E-state index is 0.643. The van der Waals surface area contributed by atoms with Crippen LogP contribution < -0.4 is 10.1 Å². The Morgan fingerprint density at radius 2 is 2.28 bits per heavy atom. The zero-order valence-electron chi connectivity index (χ0n) is 9.98. The number of nitrogens with zero attached hydrogens (tertiary/aromatic N) is 2. The highest BCUT2D eigenvalue weighted by Gasteiger charge is 2.14. The number of ether oxygens (including phenoxy) is 1. The summed E-state index contributed by atoms with van der Waals surface area (Å²) in [6.45, 7) is 0. The van der Waals surface area contributed by atoms with E-state index in [2.05, 4.69) is 26.3 Å². The van der Waals surface area contributed by atoms with Crippen molar-refractivity contribution in [2.75, 3.05) is 12.4 Å². The van der Waals surface area contributed by atoms with Gasteiger partial charge in [-0.1, -0.05) is 0 Å². The summed E-state index contributed by atoms with van der Waals surface area (Å²) in [4.78, 5) is 10.5. The number of hydrogen-bond donors (Lipinski definition) is 1. The Morgan fingerprint density at radius 1 is 1.50 bits per heavy atom. The van der Waals surface area contributed by atoms with Crippen LogP contribution in [0.15, 0.2) is 28.9 Å². The SMILES string of the molecule is COc1ccc(NC=O)cc1-c1c(Br)cnn1C. The van der Waals surface area contributed by atoms with Gasteiger partial charge in [-0.05, 0) is 34.1 Å². The lowest BCUT2D eigenvalue weighted by Gasteiger charge is -2.11. The minimum Gasteiger partial charge on any atom is -0.496 e. The van der Waals surface area contributed by atoms with E-state index in [0.717, 1.165) is 21.5 Å². The van der Waals surface area contributed by atoms with Crippen LogP contribution in [0.25, 0.3) is 11.3 Å². The van der Waals surface area contributed by atoms with Crippen molar-refractivity contribution in [3.8, 4) is 17.0 Å². The number of carbonyl (C=O) groups is 1. The zero-order valence-corrected chi connectivity index (χ0v) is 11.6. The van der Waals surface area contributed by atoms with Gasteiger partial charge in [0.25, 0.3) is 0 Å². The molecule has 0 saturated heterocycles. The van der Waals surface area contributed by atoms with Crippen molar-refractivity contribution < 1.29 is 9.53 Å². The Hall–Kier alpha value is -1.82. The molecule has 0 fully saturated rings. The molecular weight excluding hydrogens is 298 g/mol. The summed E-state index contributed by atoms with van der Waals surface area (Å²) in [6, 6.07) is 5.43. The summed E-state index contributed by atoms with van der Waals surface area (Å²) < 4.78 is 7.94. The molecule has 1 N–H and O–H groups in total. The zero-order chi connectivity index (χ0) is 13.1. The molecule has 94 valence electrons. The first-order valence-corrected chi connectivity index (χ1v) is 6.02. The summed E-state index contributed by atoms with van der Waals surface area (Å²) >= 11 is 3.45. The number of benzene rings is 1. The summed E-state index contributed by atoms with van der Waals surface area (Å²) in [6.07, 6.45) is 2.36. The van der Waals surface area contributed by atoms with Crippen LogP contribution in [-0.2, 0) is 11.8 Å². The molecule has 0 aliphatic rings. The maximum absolute atomic E-state index is 10.5. The number of halogens is 1. The van der Waals surface area contributed by atoms with Crippen molar-refractivity contribution in [3.05, 3.63) is 28.9 Å². The van der Waals surface area contributed by atoms with Crippen LogP contribution in [0.1, 0.15) is 0 Å². The van der Waals surface area contributed by atoms with Gasteiger partial charge < -0.3 is 10.1 Å². The van der Waals surface area contributed by atoms with E-state index in [1.54, 1.807) is 30.1 Å². The van der Waals surface area contributed by atoms with E-state index in [1.165, 1.54) is 0 Å². The highest BCUT2D eigenvalue weighted by Crippen LogP contribution is 2.36. The van der Waals surface area contributed by atoms with Crippen LogP contribution in [0.4, 0.5) is 5.69 Å². The Balaban J connectivity index is 2.60. The molecule has 1 heterocycles. The highest BCUT2D eigenvalue weighted by atomic mass is 79.9. The number of carbonyl (C=O) groups excluding carboxylic acids is 1. The Kier molecular flexibility index (Phi) is 3.66. The van der Waals surface area contributed by atoms with E-state index < -0.39 is 0 Å². The van der Waals surface area contributed by atoms with Gasteiger partial charge in [-0.3, -0.25) is 9.48 Å². The van der Waals surface area contributed by atoms with E-state index >= 15 is 0 Å². The molecular formula is C12H12BrN3O2. The quantitative estimate of drug-likeness (QED) is 0.883. The average molecular weight is 310 g/mol. The third-order valence-corrected chi connectivity index (χ3v) is 3.15. The van der Waals surface area contributed by atoms with Crippen LogP contribution in [0, 0.1) is 0 Å². The second kappa shape index (κ2) is 5.22. The van der Waals surface area contributed by atoms with Gasteiger partial charge in [0.15, 0.2) is 0 Å². The summed E-state index contributed by atoms with van der Waals surface area (Å²) in [5.41, 5.74) is 2.45. The number of methoxy groups -OCH3 is 1.